The molecular weight excluding hydrogens is 384 g/mol. The lowest BCUT2D eigenvalue weighted by Crippen LogP contribution is -2.41. The summed E-state index contributed by atoms with van der Waals surface area (Å²) in [5.74, 6) is -0.396. The number of sulfonamides is 1. The molecule has 0 fully saturated rings. The number of carbonyl (C=O) groups is 1. The summed E-state index contributed by atoms with van der Waals surface area (Å²) >= 11 is 1.27. The van der Waals surface area contributed by atoms with E-state index in [1.807, 2.05) is 27.7 Å². The molecule has 0 aliphatic carbocycles. The van der Waals surface area contributed by atoms with E-state index in [2.05, 4.69) is 15.3 Å². The summed E-state index contributed by atoms with van der Waals surface area (Å²) in [5, 5.41) is 3.20. The maximum Gasteiger partial charge on any atom is 0.265 e. The second-order valence-electron chi connectivity index (χ2n) is 7.08. The summed E-state index contributed by atoms with van der Waals surface area (Å²) in [5.41, 5.74) is 0.565. The third-order valence-electron chi connectivity index (χ3n) is 3.64. The van der Waals surface area contributed by atoms with E-state index in [4.69, 9.17) is 0 Å². The molecule has 0 saturated carbocycles. The molecule has 1 amide bonds. The molecule has 9 heteroatoms. The molecule has 1 heterocycles. The van der Waals surface area contributed by atoms with Crippen LogP contribution < -0.4 is 9.62 Å². The minimum Gasteiger partial charge on any atom is -0.347 e. The number of aromatic nitrogens is 2. The van der Waals surface area contributed by atoms with E-state index in [-0.39, 0.29) is 16.3 Å². The molecule has 0 aliphatic rings. The zero-order valence-corrected chi connectivity index (χ0v) is 17.9. The first-order chi connectivity index (χ1) is 12.5. The number of nitrogens with zero attached hydrogens (tertiary/aromatic N) is 3. The van der Waals surface area contributed by atoms with E-state index in [9.17, 15) is 13.2 Å². The zero-order valence-electron chi connectivity index (χ0n) is 16.3. The molecule has 0 aliphatic heterocycles. The van der Waals surface area contributed by atoms with Gasteiger partial charge in [-0.2, -0.15) is 0 Å². The third-order valence-corrected chi connectivity index (χ3v) is 5.96. The summed E-state index contributed by atoms with van der Waals surface area (Å²) in [6.45, 7) is 7.40. The number of aryl methyl sites for hydroxylation is 1. The van der Waals surface area contributed by atoms with Gasteiger partial charge in [-0.3, -0.25) is 9.10 Å². The largest absolute Gasteiger partial charge is 0.347 e. The third kappa shape index (κ3) is 4.98. The second-order valence-corrected chi connectivity index (χ2v) is 9.83. The maximum atomic E-state index is 13.0. The number of thioether (sulfide) groups is 1. The number of benzene rings is 1. The number of anilines is 1. The van der Waals surface area contributed by atoms with Crippen LogP contribution in [0.5, 0.6) is 0 Å². The average Bonchev–Trinajstić information content (AvgIpc) is 2.59. The van der Waals surface area contributed by atoms with Crippen LogP contribution in [0.3, 0.4) is 0 Å². The number of amides is 1. The van der Waals surface area contributed by atoms with Crippen LogP contribution >= 0.6 is 11.8 Å². The highest BCUT2D eigenvalue weighted by molar-refractivity contribution is 7.98. The van der Waals surface area contributed by atoms with E-state index in [0.717, 1.165) is 9.87 Å². The van der Waals surface area contributed by atoms with Crippen molar-refractivity contribution in [1.29, 1.82) is 0 Å². The number of nitrogens with one attached hydrogen (secondary N) is 1. The number of carbonyl (C=O) groups excluding carboxylic acids is 1. The Balaban J connectivity index is 2.54. The van der Waals surface area contributed by atoms with Gasteiger partial charge in [0.05, 0.1) is 4.90 Å². The van der Waals surface area contributed by atoms with Crippen LogP contribution in [0, 0.1) is 6.92 Å². The molecule has 2 rings (SSSR count). The Kier molecular flexibility index (Phi) is 6.16. The first-order valence-electron chi connectivity index (χ1n) is 8.25. The summed E-state index contributed by atoms with van der Waals surface area (Å²) < 4.78 is 27.1. The van der Waals surface area contributed by atoms with Gasteiger partial charge in [-0.25, -0.2) is 18.4 Å². The summed E-state index contributed by atoms with van der Waals surface area (Å²) in [7, 11) is -2.50. The van der Waals surface area contributed by atoms with Crippen molar-refractivity contribution in [2.24, 2.45) is 0 Å². The molecule has 0 unspecified atom stereocenters. The maximum absolute atomic E-state index is 13.0. The first kappa shape index (κ1) is 21.2. The molecule has 0 saturated heterocycles. The molecule has 7 nitrogen and oxygen atoms in total. The van der Waals surface area contributed by atoms with Crippen molar-refractivity contribution < 1.29 is 13.2 Å². The van der Waals surface area contributed by atoms with Gasteiger partial charge in [-0.05, 0) is 46.1 Å². The van der Waals surface area contributed by atoms with Crippen LogP contribution in [0.4, 0.5) is 5.82 Å². The number of hydrogen-bond acceptors (Lipinski definition) is 6. The van der Waals surface area contributed by atoms with E-state index in [1.54, 1.807) is 18.4 Å². The molecule has 2 aromatic rings. The van der Waals surface area contributed by atoms with Crippen LogP contribution in [-0.4, -0.2) is 43.1 Å². The van der Waals surface area contributed by atoms with Gasteiger partial charge in [0, 0.05) is 18.8 Å². The van der Waals surface area contributed by atoms with Gasteiger partial charge < -0.3 is 5.32 Å². The van der Waals surface area contributed by atoms with Gasteiger partial charge in [0.1, 0.15) is 5.56 Å². The van der Waals surface area contributed by atoms with Crippen molar-refractivity contribution in [1.82, 2.24) is 15.3 Å². The molecule has 1 aromatic heterocycles. The number of hydrogen-bond donors (Lipinski definition) is 1. The minimum absolute atomic E-state index is 0.0386. The van der Waals surface area contributed by atoms with Gasteiger partial charge in [-0.1, -0.05) is 29.5 Å². The van der Waals surface area contributed by atoms with E-state index in [1.165, 1.54) is 37.1 Å². The zero-order chi connectivity index (χ0) is 20.4. The van der Waals surface area contributed by atoms with E-state index >= 15 is 0 Å². The Hall–Kier alpha value is -2.13. The van der Waals surface area contributed by atoms with Crippen LogP contribution in [0.2, 0.25) is 0 Å². The quantitative estimate of drug-likeness (QED) is 0.604. The molecule has 0 spiro atoms. The smallest absolute Gasteiger partial charge is 0.265 e. The Bertz CT molecular complexity index is 936. The van der Waals surface area contributed by atoms with Crippen molar-refractivity contribution >= 4 is 33.5 Å². The molecule has 27 heavy (non-hydrogen) atoms. The summed E-state index contributed by atoms with van der Waals surface area (Å²) in [6, 6.07) is 6.52. The monoisotopic (exact) mass is 408 g/mol. The Labute approximate surface area is 164 Å². The lowest BCUT2D eigenvalue weighted by atomic mass is 10.1. The van der Waals surface area contributed by atoms with Crippen LogP contribution in [-0.2, 0) is 10.0 Å². The molecule has 0 bridgehead atoms. The number of rotatable bonds is 5. The predicted octanol–water partition coefficient (Wildman–Crippen LogP) is 2.86. The molecule has 0 atom stereocenters. The molecule has 0 radical (unpaired) electrons. The van der Waals surface area contributed by atoms with Crippen LogP contribution in [0.15, 0.2) is 40.5 Å². The summed E-state index contributed by atoms with van der Waals surface area (Å²) in [6.07, 6.45) is 3.14. The highest BCUT2D eigenvalue weighted by atomic mass is 32.2. The van der Waals surface area contributed by atoms with Crippen molar-refractivity contribution in [3.8, 4) is 0 Å². The second kappa shape index (κ2) is 7.85. The Morgan fingerprint density at radius 2 is 1.78 bits per heavy atom. The standard InChI is InChI=1S/C18H24N4O3S2/c1-12-7-9-13(10-8-12)27(24,25)22(5)15-14(11-19-17(20-15)26-6)16(23)21-18(2,3)4/h7-11H,1-6H3,(H,21,23). The molecule has 1 N–H and O–H groups in total. The van der Waals surface area contributed by atoms with Crippen molar-refractivity contribution in [3.63, 3.8) is 0 Å². The van der Waals surface area contributed by atoms with E-state index < -0.39 is 21.5 Å². The van der Waals surface area contributed by atoms with Crippen molar-refractivity contribution in [2.75, 3.05) is 17.6 Å². The molecule has 1 aromatic carbocycles. The molecule has 146 valence electrons. The Morgan fingerprint density at radius 3 is 2.30 bits per heavy atom. The van der Waals surface area contributed by atoms with Gasteiger partial charge in [0.2, 0.25) is 0 Å². The van der Waals surface area contributed by atoms with Crippen LogP contribution in [0.1, 0.15) is 36.7 Å². The van der Waals surface area contributed by atoms with Gasteiger partial charge >= 0.3 is 0 Å². The lowest BCUT2D eigenvalue weighted by Gasteiger charge is -2.24. The predicted molar refractivity (Wildman–Crippen MR) is 108 cm³/mol. The Morgan fingerprint density at radius 1 is 1.19 bits per heavy atom. The van der Waals surface area contributed by atoms with Gasteiger partial charge in [0.25, 0.3) is 15.9 Å². The van der Waals surface area contributed by atoms with Gasteiger partial charge in [-0.15, -0.1) is 0 Å². The fourth-order valence-corrected chi connectivity index (χ4v) is 3.74. The summed E-state index contributed by atoms with van der Waals surface area (Å²) in [4.78, 5) is 21.2. The normalized spacial score (nSPS) is 11.9. The topological polar surface area (TPSA) is 92.3 Å². The van der Waals surface area contributed by atoms with E-state index in [0.29, 0.717) is 5.16 Å². The van der Waals surface area contributed by atoms with Gasteiger partial charge in [0.15, 0.2) is 11.0 Å². The fraction of sp³-hybridized carbons (Fsp3) is 0.389. The lowest BCUT2D eigenvalue weighted by molar-refractivity contribution is 0.0919. The molecular formula is C18H24N4O3S2. The highest BCUT2D eigenvalue weighted by Crippen LogP contribution is 2.26. The van der Waals surface area contributed by atoms with Crippen molar-refractivity contribution in [3.05, 3.63) is 41.6 Å². The SMILES string of the molecule is CSc1ncc(C(=O)NC(C)(C)C)c(N(C)S(=O)(=O)c2ccc(C)cc2)n1. The average molecular weight is 409 g/mol. The minimum atomic E-state index is -3.88. The fourth-order valence-electron chi connectivity index (χ4n) is 2.25. The van der Waals surface area contributed by atoms with Crippen molar-refractivity contribution in [2.45, 2.75) is 43.3 Å². The highest BCUT2D eigenvalue weighted by Gasteiger charge is 2.28. The van der Waals surface area contributed by atoms with Crippen LogP contribution in [0.25, 0.3) is 0 Å². The first-order valence-corrected chi connectivity index (χ1v) is 10.9.